The van der Waals surface area contributed by atoms with E-state index in [4.69, 9.17) is 5.73 Å². The quantitative estimate of drug-likeness (QED) is 0.777. The van der Waals surface area contributed by atoms with Crippen LogP contribution >= 0.6 is 0 Å². The van der Waals surface area contributed by atoms with E-state index in [2.05, 4.69) is 20.0 Å². The molecule has 0 amide bonds. The number of fused-ring (bicyclic) bond motifs is 1. The SMILES string of the molecule is Nc1cc(-c2cccc3ccnn23)nc(N2CCCC2)n1. The Morgan fingerprint density at radius 2 is 1.90 bits per heavy atom. The van der Waals surface area contributed by atoms with E-state index in [1.807, 2.05) is 28.8 Å². The molecule has 0 unspecified atom stereocenters. The number of hydrogen-bond donors (Lipinski definition) is 1. The van der Waals surface area contributed by atoms with Crippen molar-refractivity contribution in [1.29, 1.82) is 0 Å². The van der Waals surface area contributed by atoms with Gasteiger partial charge in [0.15, 0.2) is 0 Å². The minimum Gasteiger partial charge on any atom is -0.384 e. The van der Waals surface area contributed by atoms with Gasteiger partial charge < -0.3 is 10.6 Å². The molecule has 0 spiro atoms. The van der Waals surface area contributed by atoms with E-state index in [-0.39, 0.29) is 0 Å². The summed E-state index contributed by atoms with van der Waals surface area (Å²) in [6.07, 6.45) is 4.15. The lowest BCUT2D eigenvalue weighted by atomic mass is 10.2. The number of nitrogen functional groups attached to an aromatic ring is 1. The molecule has 0 atom stereocenters. The maximum Gasteiger partial charge on any atom is 0.227 e. The summed E-state index contributed by atoms with van der Waals surface area (Å²) in [6.45, 7) is 1.99. The summed E-state index contributed by atoms with van der Waals surface area (Å²) < 4.78 is 1.87. The molecule has 4 heterocycles. The number of rotatable bonds is 2. The van der Waals surface area contributed by atoms with E-state index in [1.54, 1.807) is 12.3 Å². The smallest absolute Gasteiger partial charge is 0.227 e. The summed E-state index contributed by atoms with van der Waals surface area (Å²) in [7, 11) is 0. The van der Waals surface area contributed by atoms with Crippen LogP contribution in [-0.4, -0.2) is 32.7 Å². The number of anilines is 2. The Hall–Kier alpha value is -2.63. The van der Waals surface area contributed by atoms with E-state index in [1.165, 1.54) is 12.8 Å². The average molecular weight is 280 g/mol. The van der Waals surface area contributed by atoms with Gasteiger partial charge >= 0.3 is 0 Å². The van der Waals surface area contributed by atoms with Crippen molar-refractivity contribution in [3.05, 3.63) is 36.5 Å². The van der Waals surface area contributed by atoms with Crippen LogP contribution < -0.4 is 10.6 Å². The van der Waals surface area contributed by atoms with Gasteiger partial charge in [0.05, 0.1) is 23.1 Å². The van der Waals surface area contributed by atoms with E-state index in [0.29, 0.717) is 11.8 Å². The molecule has 21 heavy (non-hydrogen) atoms. The lowest BCUT2D eigenvalue weighted by molar-refractivity contribution is 0.896. The standard InChI is InChI=1S/C15H16N6/c16-14-10-12(18-15(19-14)20-8-1-2-9-20)13-5-3-4-11-6-7-17-21(11)13/h3-7,10H,1-2,8-9H2,(H2,16,18,19). The Balaban J connectivity index is 1.86. The van der Waals surface area contributed by atoms with Crippen molar-refractivity contribution in [3.63, 3.8) is 0 Å². The number of pyridine rings is 1. The monoisotopic (exact) mass is 280 g/mol. The summed E-state index contributed by atoms with van der Waals surface area (Å²) in [6, 6.07) is 9.78. The van der Waals surface area contributed by atoms with Gasteiger partial charge in [-0.3, -0.25) is 0 Å². The van der Waals surface area contributed by atoms with Crippen LogP contribution in [0.25, 0.3) is 16.9 Å². The van der Waals surface area contributed by atoms with Gasteiger partial charge in [-0.15, -0.1) is 0 Å². The summed E-state index contributed by atoms with van der Waals surface area (Å²) in [5.41, 5.74) is 8.74. The van der Waals surface area contributed by atoms with Crippen LogP contribution in [0.1, 0.15) is 12.8 Å². The van der Waals surface area contributed by atoms with Crippen LogP contribution in [0, 0.1) is 0 Å². The average Bonchev–Trinajstić information content (AvgIpc) is 3.17. The van der Waals surface area contributed by atoms with Crippen molar-refractivity contribution in [3.8, 4) is 11.4 Å². The van der Waals surface area contributed by atoms with Gasteiger partial charge in [-0.1, -0.05) is 6.07 Å². The molecule has 6 nitrogen and oxygen atoms in total. The molecule has 3 aromatic heterocycles. The molecular formula is C15H16N6. The first-order valence-electron chi connectivity index (χ1n) is 7.14. The first-order chi connectivity index (χ1) is 10.3. The highest BCUT2D eigenvalue weighted by molar-refractivity contribution is 5.64. The van der Waals surface area contributed by atoms with Crippen LogP contribution in [0.4, 0.5) is 11.8 Å². The third-order valence-electron chi connectivity index (χ3n) is 3.81. The molecule has 4 rings (SSSR count). The molecule has 1 aliphatic heterocycles. The minimum atomic E-state index is 0.492. The number of aromatic nitrogens is 4. The third-order valence-corrected chi connectivity index (χ3v) is 3.81. The highest BCUT2D eigenvalue weighted by Crippen LogP contribution is 2.24. The molecular weight excluding hydrogens is 264 g/mol. The summed E-state index contributed by atoms with van der Waals surface area (Å²) in [5, 5.41) is 4.35. The maximum absolute atomic E-state index is 5.98. The molecule has 3 aromatic rings. The van der Waals surface area contributed by atoms with E-state index < -0.39 is 0 Å². The van der Waals surface area contributed by atoms with Crippen molar-refractivity contribution < 1.29 is 0 Å². The van der Waals surface area contributed by atoms with Crippen LogP contribution in [0.3, 0.4) is 0 Å². The molecule has 0 aromatic carbocycles. The third kappa shape index (κ3) is 2.08. The Bertz CT molecular complexity index is 788. The van der Waals surface area contributed by atoms with Crippen molar-refractivity contribution in [2.75, 3.05) is 23.7 Å². The van der Waals surface area contributed by atoms with Gasteiger partial charge in [0.25, 0.3) is 0 Å². The van der Waals surface area contributed by atoms with Crippen molar-refractivity contribution in [2.24, 2.45) is 0 Å². The van der Waals surface area contributed by atoms with Crippen LogP contribution in [0.15, 0.2) is 36.5 Å². The van der Waals surface area contributed by atoms with E-state index >= 15 is 0 Å². The molecule has 2 N–H and O–H groups in total. The number of nitrogens with two attached hydrogens (primary N) is 1. The van der Waals surface area contributed by atoms with Gasteiger partial charge in [-0.05, 0) is 31.0 Å². The predicted octanol–water partition coefficient (Wildman–Crippen LogP) is 1.97. The topological polar surface area (TPSA) is 72.3 Å². The first kappa shape index (κ1) is 12.1. The summed E-state index contributed by atoms with van der Waals surface area (Å²) in [4.78, 5) is 11.2. The Labute approximate surface area is 122 Å². The van der Waals surface area contributed by atoms with Crippen LogP contribution in [0.5, 0.6) is 0 Å². The second kappa shape index (κ2) is 4.73. The summed E-state index contributed by atoms with van der Waals surface area (Å²) >= 11 is 0. The first-order valence-corrected chi connectivity index (χ1v) is 7.14. The largest absolute Gasteiger partial charge is 0.384 e. The molecule has 0 radical (unpaired) electrons. The second-order valence-electron chi connectivity index (χ2n) is 5.25. The highest BCUT2D eigenvalue weighted by atomic mass is 15.3. The lowest BCUT2D eigenvalue weighted by Crippen LogP contribution is -2.21. The second-order valence-corrected chi connectivity index (χ2v) is 5.25. The zero-order chi connectivity index (χ0) is 14.2. The zero-order valence-electron chi connectivity index (χ0n) is 11.6. The fourth-order valence-electron chi connectivity index (χ4n) is 2.79. The fraction of sp³-hybridized carbons (Fsp3) is 0.267. The molecule has 106 valence electrons. The lowest BCUT2D eigenvalue weighted by Gasteiger charge is -2.16. The molecule has 1 saturated heterocycles. The van der Waals surface area contributed by atoms with Crippen LogP contribution in [-0.2, 0) is 0 Å². The Morgan fingerprint density at radius 3 is 2.76 bits per heavy atom. The zero-order valence-corrected chi connectivity index (χ0v) is 11.6. The Morgan fingerprint density at radius 1 is 1.05 bits per heavy atom. The fourth-order valence-corrected chi connectivity index (χ4v) is 2.79. The van der Waals surface area contributed by atoms with E-state index in [0.717, 1.165) is 30.0 Å². The van der Waals surface area contributed by atoms with Gasteiger partial charge in [0.1, 0.15) is 5.82 Å². The molecule has 0 saturated carbocycles. The number of nitrogens with zero attached hydrogens (tertiary/aromatic N) is 5. The highest BCUT2D eigenvalue weighted by Gasteiger charge is 2.17. The van der Waals surface area contributed by atoms with Crippen molar-refractivity contribution in [1.82, 2.24) is 19.6 Å². The number of hydrogen-bond acceptors (Lipinski definition) is 5. The predicted molar refractivity (Wildman–Crippen MR) is 82.1 cm³/mol. The van der Waals surface area contributed by atoms with Crippen molar-refractivity contribution in [2.45, 2.75) is 12.8 Å². The van der Waals surface area contributed by atoms with Gasteiger partial charge in [-0.2, -0.15) is 10.1 Å². The minimum absolute atomic E-state index is 0.492. The molecule has 6 heteroatoms. The molecule has 0 aliphatic carbocycles. The summed E-state index contributed by atoms with van der Waals surface area (Å²) in [5.74, 6) is 1.21. The molecule has 0 bridgehead atoms. The van der Waals surface area contributed by atoms with Crippen LogP contribution in [0.2, 0.25) is 0 Å². The molecule has 1 fully saturated rings. The van der Waals surface area contributed by atoms with Gasteiger partial charge in [0.2, 0.25) is 5.95 Å². The van der Waals surface area contributed by atoms with E-state index in [9.17, 15) is 0 Å². The normalized spacial score (nSPS) is 15.0. The van der Waals surface area contributed by atoms with Gasteiger partial charge in [-0.25, -0.2) is 9.50 Å². The maximum atomic E-state index is 5.98. The Kier molecular flexibility index (Phi) is 2.73. The molecule has 1 aliphatic rings. The van der Waals surface area contributed by atoms with Crippen molar-refractivity contribution >= 4 is 17.3 Å². The van der Waals surface area contributed by atoms with Gasteiger partial charge in [0, 0.05) is 19.2 Å².